The Morgan fingerprint density at radius 2 is 1.85 bits per heavy atom. The first-order chi connectivity index (χ1) is 12.5. The normalized spacial score (nSPS) is 10.6. The van der Waals surface area contributed by atoms with Gasteiger partial charge < -0.3 is 15.2 Å². The monoisotopic (exact) mass is 351 g/mol. The average molecular weight is 351 g/mol. The summed E-state index contributed by atoms with van der Waals surface area (Å²) in [4.78, 5) is 12.2. The third-order valence-electron chi connectivity index (χ3n) is 4.26. The lowest BCUT2D eigenvalue weighted by molar-refractivity contribution is 0.251. The number of aryl methyl sites for hydroxylation is 2. The molecule has 0 saturated carbocycles. The van der Waals surface area contributed by atoms with Crippen molar-refractivity contribution >= 4 is 11.7 Å². The summed E-state index contributed by atoms with van der Waals surface area (Å²) in [7, 11) is 0. The quantitative estimate of drug-likeness (QED) is 0.692. The lowest BCUT2D eigenvalue weighted by atomic mass is 10.1. The summed E-state index contributed by atoms with van der Waals surface area (Å²) in [5, 5.41) is 5.77. The Morgan fingerprint density at radius 1 is 1.08 bits per heavy atom. The highest BCUT2D eigenvalue weighted by Crippen LogP contribution is 2.16. The lowest BCUT2D eigenvalue weighted by Gasteiger charge is -2.13. The van der Waals surface area contributed by atoms with Gasteiger partial charge in [0.25, 0.3) is 0 Å². The molecule has 3 aromatic rings. The summed E-state index contributed by atoms with van der Waals surface area (Å²) in [6, 6.07) is 16.0. The minimum Gasteiger partial charge on any atom is -0.345 e. The van der Waals surface area contributed by atoms with Crippen molar-refractivity contribution in [3.05, 3.63) is 89.0 Å². The van der Waals surface area contributed by atoms with Crippen LogP contribution >= 0.6 is 0 Å². The highest BCUT2D eigenvalue weighted by atomic mass is 19.1. The van der Waals surface area contributed by atoms with Crippen LogP contribution in [0.15, 0.2) is 60.8 Å². The molecule has 0 radical (unpaired) electrons. The second kappa shape index (κ2) is 7.87. The third-order valence-corrected chi connectivity index (χ3v) is 4.26. The molecule has 0 aliphatic rings. The molecule has 2 aromatic carbocycles. The maximum atomic E-state index is 13.0. The molecule has 1 heterocycles. The van der Waals surface area contributed by atoms with E-state index in [1.165, 1.54) is 12.1 Å². The second-order valence-electron chi connectivity index (χ2n) is 6.38. The molecule has 0 saturated heterocycles. The summed E-state index contributed by atoms with van der Waals surface area (Å²) in [6.45, 7) is 4.99. The van der Waals surface area contributed by atoms with Crippen LogP contribution in [0.25, 0.3) is 0 Å². The number of anilines is 1. The molecule has 0 aliphatic heterocycles. The van der Waals surface area contributed by atoms with Gasteiger partial charge in [-0.3, -0.25) is 0 Å². The van der Waals surface area contributed by atoms with E-state index in [0.29, 0.717) is 13.1 Å². The zero-order chi connectivity index (χ0) is 18.5. The summed E-state index contributed by atoms with van der Waals surface area (Å²) < 4.78 is 15.1. The Morgan fingerprint density at radius 3 is 2.62 bits per heavy atom. The molecule has 1 aromatic heterocycles. The number of nitrogens with one attached hydrogen (secondary N) is 2. The summed E-state index contributed by atoms with van der Waals surface area (Å²) in [5.74, 6) is -0.244. The van der Waals surface area contributed by atoms with Gasteiger partial charge in [-0.2, -0.15) is 0 Å². The fraction of sp³-hybridized carbons (Fsp3) is 0.190. The largest absolute Gasteiger partial charge is 0.345 e. The van der Waals surface area contributed by atoms with Crippen LogP contribution in [0.1, 0.15) is 22.4 Å². The topological polar surface area (TPSA) is 46.1 Å². The van der Waals surface area contributed by atoms with Crippen LogP contribution in [0, 0.1) is 19.7 Å². The van der Waals surface area contributed by atoms with Crippen LogP contribution in [0.4, 0.5) is 14.9 Å². The fourth-order valence-electron chi connectivity index (χ4n) is 2.76. The highest BCUT2D eigenvalue weighted by molar-refractivity contribution is 5.90. The van der Waals surface area contributed by atoms with Crippen molar-refractivity contribution in [2.24, 2.45) is 0 Å². The van der Waals surface area contributed by atoms with Crippen molar-refractivity contribution in [1.29, 1.82) is 0 Å². The van der Waals surface area contributed by atoms with Gasteiger partial charge in [0.1, 0.15) is 5.82 Å². The Balaban J connectivity index is 1.60. The molecule has 3 rings (SSSR count). The summed E-state index contributed by atoms with van der Waals surface area (Å²) in [6.07, 6.45) is 1.95. The van der Waals surface area contributed by atoms with E-state index in [0.717, 1.165) is 28.1 Å². The molecular weight excluding hydrogens is 329 g/mol. The van der Waals surface area contributed by atoms with E-state index < -0.39 is 0 Å². The molecule has 134 valence electrons. The van der Waals surface area contributed by atoms with Crippen molar-refractivity contribution in [1.82, 2.24) is 9.88 Å². The van der Waals surface area contributed by atoms with Crippen molar-refractivity contribution in [3.63, 3.8) is 0 Å². The van der Waals surface area contributed by atoms with Gasteiger partial charge in [0.05, 0.1) is 6.54 Å². The van der Waals surface area contributed by atoms with E-state index in [2.05, 4.69) is 10.6 Å². The van der Waals surface area contributed by atoms with Crippen LogP contribution < -0.4 is 10.6 Å². The van der Waals surface area contributed by atoms with E-state index in [4.69, 9.17) is 0 Å². The van der Waals surface area contributed by atoms with Crippen LogP contribution in [0.2, 0.25) is 0 Å². The van der Waals surface area contributed by atoms with Crippen molar-refractivity contribution in [3.8, 4) is 0 Å². The van der Waals surface area contributed by atoms with Gasteiger partial charge in [-0.15, -0.1) is 0 Å². The molecule has 4 nitrogen and oxygen atoms in total. The van der Waals surface area contributed by atoms with Crippen LogP contribution in [-0.2, 0) is 13.1 Å². The molecule has 0 fully saturated rings. The molecule has 2 amide bonds. The zero-order valence-corrected chi connectivity index (χ0v) is 14.9. The number of urea groups is 1. The molecule has 0 unspecified atom stereocenters. The number of carbonyl (C=O) groups is 1. The first-order valence-electron chi connectivity index (χ1n) is 8.52. The molecule has 5 heteroatoms. The van der Waals surface area contributed by atoms with Crippen LogP contribution in [0.3, 0.4) is 0 Å². The first-order valence-corrected chi connectivity index (χ1v) is 8.52. The minimum absolute atomic E-state index is 0.242. The first kappa shape index (κ1) is 17.7. The number of carbonyl (C=O) groups excluding carboxylic acids is 1. The van der Waals surface area contributed by atoms with E-state index in [1.807, 2.05) is 54.9 Å². The molecule has 2 N–H and O–H groups in total. The second-order valence-corrected chi connectivity index (χ2v) is 6.38. The molecular formula is C21H22FN3O. The SMILES string of the molecule is Cc1ccc(C)c(NC(=O)NCc2cccn2Cc2ccc(F)cc2)c1. The predicted octanol–water partition coefficient (Wildman–Crippen LogP) is 4.61. The van der Waals surface area contributed by atoms with Gasteiger partial charge in [-0.1, -0.05) is 24.3 Å². The lowest BCUT2D eigenvalue weighted by Crippen LogP contribution is -2.29. The number of rotatable bonds is 5. The van der Waals surface area contributed by atoms with Gasteiger partial charge in [0.15, 0.2) is 0 Å². The number of hydrogen-bond acceptors (Lipinski definition) is 1. The number of halogens is 1. The Kier molecular flexibility index (Phi) is 5.37. The van der Waals surface area contributed by atoms with E-state index in [9.17, 15) is 9.18 Å². The molecule has 0 spiro atoms. The van der Waals surface area contributed by atoms with Gasteiger partial charge in [-0.25, -0.2) is 9.18 Å². The standard InChI is InChI=1S/C21H22FN3O/c1-15-5-6-16(2)20(12-15)24-21(26)23-13-19-4-3-11-25(19)14-17-7-9-18(22)10-8-17/h3-12H,13-14H2,1-2H3,(H2,23,24,26). The van der Waals surface area contributed by atoms with Crippen molar-refractivity contribution < 1.29 is 9.18 Å². The fourth-order valence-corrected chi connectivity index (χ4v) is 2.76. The molecule has 26 heavy (non-hydrogen) atoms. The predicted molar refractivity (Wildman–Crippen MR) is 102 cm³/mol. The van der Waals surface area contributed by atoms with Crippen molar-refractivity contribution in [2.45, 2.75) is 26.9 Å². The van der Waals surface area contributed by atoms with Gasteiger partial charge in [0, 0.05) is 24.1 Å². The van der Waals surface area contributed by atoms with Gasteiger partial charge in [0.2, 0.25) is 0 Å². The Labute approximate surface area is 152 Å². The Hall–Kier alpha value is -3.08. The summed E-state index contributed by atoms with van der Waals surface area (Å²) >= 11 is 0. The van der Waals surface area contributed by atoms with Crippen molar-refractivity contribution in [2.75, 3.05) is 5.32 Å². The third kappa shape index (κ3) is 4.51. The maximum absolute atomic E-state index is 13.0. The minimum atomic E-state index is -0.244. The smallest absolute Gasteiger partial charge is 0.319 e. The van der Waals surface area contributed by atoms with Gasteiger partial charge in [-0.05, 0) is 60.9 Å². The molecule has 0 bridgehead atoms. The van der Waals surface area contributed by atoms with E-state index in [-0.39, 0.29) is 11.8 Å². The Bertz CT molecular complexity index is 900. The maximum Gasteiger partial charge on any atom is 0.319 e. The van der Waals surface area contributed by atoms with Crippen LogP contribution in [0.5, 0.6) is 0 Å². The zero-order valence-electron chi connectivity index (χ0n) is 14.9. The number of benzene rings is 2. The van der Waals surface area contributed by atoms with E-state index >= 15 is 0 Å². The summed E-state index contributed by atoms with van der Waals surface area (Å²) in [5.41, 5.74) is 4.91. The number of nitrogens with zero attached hydrogens (tertiary/aromatic N) is 1. The van der Waals surface area contributed by atoms with Crippen LogP contribution in [-0.4, -0.2) is 10.6 Å². The van der Waals surface area contributed by atoms with Gasteiger partial charge >= 0.3 is 6.03 Å². The number of amides is 2. The molecule has 0 atom stereocenters. The number of hydrogen-bond donors (Lipinski definition) is 2. The number of aromatic nitrogens is 1. The molecule has 0 aliphatic carbocycles. The highest BCUT2D eigenvalue weighted by Gasteiger charge is 2.07. The van der Waals surface area contributed by atoms with E-state index in [1.54, 1.807) is 12.1 Å². The average Bonchev–Trinajstić information content (AvgIpc) is 3.05.